The Hall–Kier alpha value is -2.98. The van der Waals surface area contributed by atoms with Gasteiger partial charge in [0.05, 0.1) is 11.9 Å². The van der Waals surface area contributed by atoms with Crippen molar-refractivity contribution in [3.8, 4) is 5.69 Å². The van der Waals surface area contributed by atoms with E-state index < -0.39 is 10.0 Å². The minimum Gasteiger partial charge on any atom is -0.352 e. The lowest BCUT2D eigenvalue weighted by atomic mass is 9.97. The number of para-hydroxylation sites is 1. The van der Waals surface area contributed by atoms with Crippen molar-refractivity contribution in [1.82, 2.24) is 29.0 Å². The molecule has 0 radical (unpaired) electrons. The van der Waals surface area contributed by atoms with Gasteiger partial charge in [-0.2, -0.15) is 9.40 Å². The maximum Gasteiger partial charge on any atom is 0.262 e. The van der Waals surface area contributed by atoms with E-state index in [9.17, 15) is 13.2 Å². The van der Waals surface area contributed by atoms with Crippen LogP contribution in [0.4, 0.5) is 0 Å². The molecular formula is C21H26N6O3S. The second kappa shape index (κ2) is 8.64. The van der Waals surface area contributed by atoms with Gasteiger partial charge in [0.1, 0.15) is 5.82 Å². The highest BCUT2D eigenvalue weighted by molar-refractivity contribution is 7.89. The number of carbonyl (C=O) groups is 1. The zero-order valence-electron chi connectivity index (χ0n) is 17.6. The van der Waals surface area contributed by atoms with Crippen LogP contribution in [-0.2, 0) is 28.4 Å². The maximum atomic E-state index is 12.8. The van der Waals surface area contributed by atoms with Crippen LogP contribution in [-0.4, -0.2) is 51.1 Å². The van der Waals surface area contributed by atoms with E-state index in [2.05, 4.69) is 15.4 Å². The number of sulfonamides is 1. The number of nitrogens with zero attached hydrogens (tertiary/aromatic N) is 5. The minimum absolute atomic E-state index is 0.0572. The zero-order chi connectivity index (χ0) is 22.0. The van der Waals surface area contributed by atoms with Crippen molar-refractivity contribution in [1.29, 1.82) is 0 Å². The number of hydrogen-bond acceptors (Lipinski definition) is 5. The molecule has 0 aliphatic carbocycles. The van der Waals surface area contributed by atoms with Gasteiger partial charge in [-0.15, -0.1) is 0 Å². The predicted molar refractivity (Wildman–Crippen MR) is 115 cm³/mol. The molecule has 1 N–H and O–H groups in total. The van der Waals surface area contributed by atoms with Gasteiger partial charge in [-0.3, -0.25) is 4.79 Å². The van der Waals surface area contributed by atoms with Crippen LogP contribution in [0.5, 0.6) is 0 Å². The Morgan fingerprint density at radius 2 is 1.87 bits per heavy atom. The lowest BCUT2D eigenvalue weighted by molar-refractivity contribution is -0.126. The third-order valence-corrected chi connectivity index (χ3v) is 7.41. The molecule has 1 fully saturated rings. The SMILES string of the molecule is Cc1nc(S(=O)(=O)N2CCC(C(=O)NCc3cnn(-c4ccccc4)c3)CC2)cn1C. The smallest absolute Gasteiger partial charge is 0.262 e. The lowest BCUT2D eigenvalue weighted by Gasteiger charge is -2.29. The van der Waals surface area contributed by atoms with E-state index in [-0.39, 0.29) is 16.9 Å². The third-order valence-electron chi connectivity index (χ3n) is 5.64. The molecule has 0 bridgehead atoms. The zero-order valence-corrected chi connectivity index (χ0v) is 18.4. The molecule has 31 heavy (non-hydrogen) atoms. The number of nitrogens with one attached hydrogen (secondary N) is 1. The van der Waals surface area contributed by atoms with Gasteiger partial charge in [0.25, 0.3) is 10.0 Å². The summed E-state index contributed by atoms with van der Waals surface area (Å²) < 4.78 is 30.5. The summed E-state index contributed by atoms with van der Waals surface area (Å²) in [5.74, 6) is 0.378. The van der Waals surface area contributed by atoms with Gasteiger partial charge in [0, 0.05) is 50.6 Å². The largest absolute Gasteiger partial charge is 0.352 e. The Balaban J connectivity index is 1.30. The first kappa shape index (κ1) is 21.3. The normalized spacial score (nSPS) is 15.8. The summed E-state index contributed by atoms with van der Waals surface area (Å²) in [6.07, 6.45) is 6.12. The van der Waals surface area contributed by atoms with Gasteiger partial charge in [-0.05, 0) is 31.9 Å². The van der Waals surface area contributed by atoms with Crippen LogP contribution in [0.25, 0.3) is 5.69 Å². The topological polar surface area (TPSA) is 102 Å². The Morgan fingerprint density at radius 1 is 1.16 bits per heavy atom. The molecule has 2 aromatic heterocycles. The van der Waals surface area contributed by atoms with Gasteiger partial charge >= 0.3 is 0 Å². The fourth-order valence-corrected chi connectivity index (χ4v) is 5.14. The predicted octanol–water partition coefficient (Wildman–Crippen LogP) is 1.63. The number of piperidine rings is 1. The fourth-order valence-electron chi connectivity index (χ4n) is 3.65. The van der Waals surface area contributed by atoms with Crippen LogP contribution in [0, 0.1) is 12.8 Å². The van der Waals surface area contributed by atoms with Crippen LogP contribution >= 0.6 is 0 Å². The molecule has 9 nitrogen and oxygen atoms in total. The van der Waals surface area contributed by atoms with Crippen LogP contribution in [0.15, 0.2) is 53.9 Å². The van der Waals surface area contributed by atoms with Gasteiger partial charge in [0.15, 0.2) is 5.03 Å². The monoisotopic (exact) mass is 442 g/mol. The molecule has 0 saturated carbocycles. The molecule has 3 heterocycles. The summed E-state index contributed by atoms with van der Waals surface area (Å²) in [5, 5.41) is 7.35. The Kier molecular flexibility index (Phi) is 5.92. The summed E-state index contributed by atoms with van der Waals surface area (Å²) in [4.78, 5) is 16.7. The van der Waals surface area contributed by atoms with E-state index in [1.165, 1.54) is 10.5 Å². The van der Waals surface area contributed by atoms with Gasteiger partial charge in [-0.1, -0.05) is 18.2 Å². The molecule has 3 aromatic rings. The van der Waals surface area contributed by atoms with Crippen LogP contribution in [0.3, 0.4) is 0 Å². The second-order valence-corrected chi connectivity index (χ2v) is 9.65. The third kappa shape index (κ3) is 4.54. The van der Waals surface area contributed by atoms with E-state index in [1.807, 2.05) is 36.5 Å². The molecule has 1 aromatic carbocycles. The van der Waals surface area contributed by atoms with Gasteiger partial charge in [-0.25, -0.2) is 18.1 Å². The highest BCUT2D eigenvalue weighted by Crippen LogP contribution is 2.23. The summed E-state index contributed by atoms with van der Waals surface area (Å²) in [7, 11) is -1.87. The molecule has 0 atom stereocenters. The van der Waals surface area contributed by atoms with Crippen molar-refractivity contribution >= 4 is 15.9 Å². The van der Waals surface area contributed by atoms with E-state index in [0.717, 1.165) is 11.3 Å². The first-order valence-electron chi connectivity index (χ1n) is 10.2. The second-order valence-electron chi connectivity index (χ2n) is 7.76. The van der Waals surface area contributed by atoms with E-state index in [1.54, 1.807) is 29.4 Å². The molecule has 164 valence electrons. The minimum atomic E-state index is -3.63. The number of carbonyl (C=O) groups excluding carboxylic acids is 1. The van der Waals surface area contributed by atoms with Crippen molar-refractivity contribution in [3.63, 3.8) is 0 Å². The average molecular weight is 443 g/mol. The molecule has 1 saturated heterocycles. The van der Waals surface area contributed by atoms with Gasteiger partial charge in [0.2, 0.25) is 5.91 Å². The lowest BCUT2D eigenvalue weighted by Crippen LogP contribution is -2.42. The van der Waals surface area contributed by atoms with Gasteiger partial charge < -0.3 is 9.88 Å². The molecule has 0 spiro atoms. The van der Waals surface area contributed by atoms with Crippen molar-refractivity contribution < 1.29 is 13.2 Å². The Bertz CT molecular complexity index is 1140. The van der Waals surface area contributed by atoms with Crippen molar-refractivity contribution in [3.05, 3.63) is 60.3 Å². The number of amides is 1. The number of benzene rings is 1. The number of aromatic nitrogens is 4. The molecule has 1 aliphatic heterocycles. The highest BCUT2D eigenvalue weighted by Gasteiger charge is 2.33. The number of rotatable bonds is 6. The maximum absolute atomic E-state index is 12.8. The number of imidazole rings is 1. The van der Waals surface area contributed by atoms with Crippen LogP contribution in [0.2, 0.25) is 0 Å². The fraction of sp³-hybridized carbons (Fsp3) is 0.381. The summed E-state index contributed by atoms with van der Waals surface area (Å²) in [6.45, 7) is 2.76. The van der Waals surface area contributed by atoms with Crippen LogP contribution < -0.4 is 5.32 Å². The number of aryl methyl sites for hydroxylation is 2. The highest BCUT2D eigenvalue weighted by atomic mass is 32.2. The summed E-state index contributed by atoms with van der Waals surface area (Å²) in [6, 6.07) is 9.76. The molecule has 4 rings (SSSR count). The standard InChI is InChI=1S/C21H26N6O3S/c1-16-24-20(15-25(16)2)31(29,30)26-10-8-18(9-11-26)21(28)22-12-17-13-23-27(14-17)19-6-4-3-5-7-19/h3-7,13-15,18H,8-12H2,1-2H3,(H,22,28). The van der Waals surface area contributed by atoms with Crippen molar-refractivity contribution in [2.24, 2.45) is 13.0 Å². The molecule has 0 unspecified atom stereocenters. The average Bonchev–Trinajstić information content (AvgIpc) is 3.40. The molecular weight excluding hydrogens is 416 g/mol. The first-order valence-corrected chi connectivity index (χ1v) is 11.7. The van der Waals surface area contributed by atoms with Crippen molar-refractivity contribution in [2.75, 3.05) is 13.1 Å². The molecule has 10 heteroatoms. The first-order chi connectivity index (χ1) is 14.8. The quantitative estimate of drug-likeness (QED) is 0.625. The van der Waals surface area contributed by atoms with E-state index >= 15 is 0 Å². The Labute approximate surface area is 181 Å². The molecule has 1 amide bonds. The van der Waals surface area contributed by atoms with E-state index in [0.29, 0.717) is 38.3 Å². The Morgan fingerprint density at radius 3 is 2.52 bits per heavy atom. The van der Waals surface area contributed by atoms with Crippen LogP contribution in [0.1, 0.15) is 24.2 Å². The number of hydrogen-bond donors (Lipinski definition) is 1. The molecule has 1 aliphatic rings. The van der Waals surface area contributed by atoms with E-state index in [4.69, 9.17) is 0 Å². The summed E-state index contributed by atoms with van der Waals surface area (Å²) >= 11 is 0. The van der Waals surface area contributed by atoms with Crippen molar-refractivity contribution in [2.45, 2.75) is 31.3 Å². The summed E-state index contributed by atoms with van der Waals surface area (Å²) in [5.41, 5.74) is 1.86.